The van der Waals surface area contributed by atoms with Crippen LogP contribution in [-0.2, 0) is 12.2 Å². The van der Waals surface area contributed by atoms with Crippen molar-refractivity contribution in [2.24, 2.45) is 0 Å². The summed E-state index contributed by atoms with van der Waals surface area (Å²) in [5.74, 6) is 3.63. The molecule has 82 valence electrons. The molecular weight excluding hydrogens is 208 g/mol. The van der Waals surface area contributed by atoms with Gasteiger partial charge >= 0.3 is 0 Å². The highest BCUT2D eigenvalue weighted by molar-refractivity contribution is 7.98. The highest BCUT2D eigenvalue weighted by Crippen LogP contribution is 2.16. The SMILES string of the molecule is CCc1ccc(CSCC(C#N)NC)o1. The van der Waals surface area contributed by atoms with Crippen molar-refractivity contribution in [1.29, 1.82) is 5.26 Å². The van der Waals surface area contributed by atoms with Crippen molar-refractivity contribution in [3.63, 3.8) is 0 Å². The van der Waals surface area contributed by atoms with Gasteiger partial charge in [-0.3, -0.25) is 0 Å². The van der Waals surface area contributed by atoms with Gasteiger partial charge in [-0.15, -0.1) is 0 Å². The van der Waals surface area contributed by atoms with E-state index in [2.05, 4.69) is 18.3 Å². The summed E-state index contributed by atoms with van der Waals surface area (Å²) in [6, 6.07) is 6.13. The van der Waals surface area contributed by atoms with E-state index in [4.69, 9.17) is 9.68 Å². The Balaban J connectivity index is 2.28. The van der Waals surface area contributed by atoms with Crippen molar-refractivity contribution in [1.82, 2.24) is 5.32 Å². The third-order valence-corrected chi connectivity index (χ3v) is 3.16. The predicted molar refractivity (Wildman–Crippen MR) is 62.7 cm³/mol. The van der Waals surface area contributed by atoms with Crippen LogP contribution >= 0.6 is 11.8 Å². The van der Waals surface area contributed by atoms with Crippen LogP contribution in [0.15, 0.2) is 16.5 Å². The van der Waals surface area contributed by atoms with Crippen molar-refractivity contribution in [2.45, 2.75) is 25.1 Å². The summed E-state index contributed by atoms with van der Waals surface area (Å²) >= 11 is 1.71. The van der Waals surface area contributed by atoms with Gasteiger partial charge in [-0.1, -0.05) is 6.92 Å². The van der Waals surface area contributed by atoms with Crippen LogP contribution in [0, 0.1) is 11.3 Å². The first-order chi connectivity index (χ1) is 7.30. The Kier molecular flexibility index (Phi) is 5.30. The molecule has 0 saturated carbocycles. The molecule has 0 bridgehead atoms. The summed E-state index contributed by atoms with van der Waals surface area (Å²) in [4.78, 5) is 0. The maximum atomic E-state index is 8.72. The maximum Gasteiger partial charge on any atom is 0.114 e. The lowest BCUT2D eigenvalue weighted by molar-refractivity contribution is 0.485. The number of rotatable bonds is 6. The lowest BCUT2D eigenvalue weighted by Crippen LogP contribution is -2.25. The predicted octanol–water partition coefficient (Wildman–Crippen LogP) is 2.19. The van der Waals surface area contributed by atoms with E-state index in [9.17, 15) is 0 Å². The van der Waals surface area contributed by atoms with Crippen LogP contribution < -0.4 is 5.32 Å². The number of nitrogens with zero attached hydrogens (tertiary/aromatic N) is 1. The largest absolute Gasteiger partial charge is 0.465 e. The molecule has 1 rings (SSSR count). The molecule has 15 heavy (non-hydrogen) atoms. The van der Waals surface area contributed by atoms with Crippen molar-refractivity contribution in [3.05, 3.63) is 23.7 Å². The first kappa shape index (κ1) is 12.2. The number of nitriles is 1. The van der Waals surface area contributed by atoms with E-state index in [1.807, 2.05) is 12.1 Å². The minimum Gasteiger partial charge on any atom is -0.465 e. The molecule has 0 saturated heterocycles. The van der Waals surface area contributed by atoms with E-state index in [0.717, 1.165) is 29.4 Å². The van der Waals surface area contributed by atoms with Gasteiger partial charge < -0.3 is 9.73 Å². The Labute approximate surface area is 94.8 Å². The zero-order valence-electron chi connectivity index (χ0n) is 9.12. The normalized spacial score (nSPS) is 12.3. The highest BCUT2D eigenvalue weighted by Gasteiger charge is 2.05. The zero-order chi connectivity index (χ0) is 11.1. The van der Waals surface area contributed by atoms with Crippen LogP contribution in [0.3, 0.4) is 0 Å². The van der Waals surface area contributed by atoms with E-state index < -0.39 is 0 Å². The van der Waals surface area contributed by atoms with Gasteiger partial charge in [0.05, 0.1) is 11.8 Å². The first-order valence-corrected chi connectivity index (χ1v) is 6.17. The average molecular weight is 224 g/mol. The number of aryl methyl sites for hydroxylation is 1. The topological polar surface area (TPSA) is 49.0 Å². The fourth-order valence-corrected chi connectivity index (χ4v) is 2.10. The molecule has 0 radical (unpaired) electrons. The van der Waals surface area contributed by atoms with E-state index in [-0.39, 0.29) is 6.04 Å². The van der Waals surface area contributed by atoms with Gasteiger partial charge in [0.25, 0.3) is 0 Å². The first-order valence-electron chi connectivity index (χ1n) is 5.02. The van der Waals surface area contributed by atoms with Crippen LogP contribution in [0.1, 0.15) is 18.4 Å². The molecule has 0 amide bonds. The molecule has 1 aromatic rings. The van der Waals surface area contributed by atoms with Crippen molar-refractivity contribution >= 4 is 11.8 Å². The molecule has 1 atom stereocenters. The Morgan fingerprint density at radius 1 is 1.53 bits per heavy atom. The van der Waals surface area contributed by atoms with Crippen molar-refractivity contribution in [3.8, 4) is 6.07 Å². The van der Waals surface area contributed by atoms with E-state index in [0.29, 0.717) is 0 Å². The van der Waals surface area contributed by atoms with Crippen LogP contribution in [-0.4, -0.2) is 18.8 Å². The van der Waals surface area contributed by atoms with Crippen LogP contribution in [0.4, 0.5) is 0 Å². The van der Waals surface area contributed by atoms with Gasteiger partial charge in [0.1, 0.15) is 17.6 Å². The molecule has 0 fully saturated rings. The minimum atomic E-state index is -0.0735. The Bertz CT molecular complexity index is 330. The Morgan fingerprint density at radius 3 is 2.80 bits per heavy atom. The molecule has 1 heterocycles. The summed E-state index contributed by atoms with van der Waals surface area (Å²) in [5, 5.41) is 11.7. The summed E-state index contributed by atoms with van der Waals surface area (Å²) < 4.78 is 5.56. The maximum absolute atomic E-state index is 8.72. The summed E-state index contributed by atoms with van der Waals surface area (Å²) in [7, 11) is 1.80. The number of furan rings is 1. The summed E-state index contributed by atoms with van der Waals surface area (Å²) in [5.41, 5.74) is 0. The number of hydrogen-bond acceptors (Lipinski definition) is 4. The smallest absolute Gasteiger partial charge is 0.114 e. The lowest BCUT2D eigenvalue weighted by atomic mass is 10.4. The fraction of sp³-hybridized carbons (Fsp3) is 0.545. The second kappa shape index (κ2) is 6.54. The Morgan fingerprint density at radius 2 is 2.27 bits per heavy atom. The van der Waals surface area contributed by atoms with Gasteiger partial charge in [0, 0.05) is 12.2 Å². The molecule has 0 aliphatic carbocycles. The minimum absolute atomic E-state index is 0.0735. The van der Waals surface area contributed by atoms with Crippen LogP contribution in [0.5, 0.6) is 0 Å². The lowest BCUT2D eigenvalue weighted by Gasteiger charge is -2.05. The van der Waals surface area contributed by atoms with Gasteiger partial charge in [-0.05, 0) is 19.2 Å². The molecule has 0 aliphatic rings. The van der Waals surface area contributed by atoms with Crippen molar-refractivity contribution in [2.75, 3.05) is 12.8 Å². The standard InChI is InChI=1S/C11H16N2OS/c1-3-10-4-5-11(14-10)8-15-7-9(6-12)13-2/h4-5,9,13H,3,7-8H2,1-2H3. The van der Waals surface area contributed by atoms with Gasteiger partial charge in [0.2, 0.25) is 0 Å². The van der Waals surface area contributed by atoms with Crippen LogP contribution in [0.25, 0.3) is 0 Å². The summed E-state index contributed by atoms with van der Waals surface area (Å²) in [6.07, 6.45) is 0.933. The molecule has 0 spiro atoms. The number of nitrogens with one attached hydrogen (secondary N) is 1. The van der Waals surface area contributed by atoms with Gasteiger partial charge in [0.15, 0.2) is 0 Å². The third kappa shape index (κ3) is 3.98. The average Bonchev–Trinajstić information content (AvgIpc) is 2.72. The van der Waals surface area contributed by atoms with E-state index in [1.54, 1.807) is 18.8 Å². The van der Waals surface area contributed by atoms with Gasteiger partial charge in [-0.25, -0.2) is 0 Å². The Hall–Kier alpha value is -0.920. The molecule has 0 aliphatic heterocycles. The van der Waals surface area contributed by atoms with Crippen molar-refractivity contribution < 1.29 is 4.42 Å². The molecular formula is C11H16N2OS. The number of thioether (sulfide) groups is 1. The number of hydrogen-bond donors (Lipinski definition) is 1. The van der Waals surface area contributed by atoms with E-state index in [1.165, 1.54) is 0 Å². The quantitative estimate of drug-likeness (QED) is 0.804. The molecule has 1 aromatic heterocycles. The molecule has 1 unspecified atom stereocenters. The van der Waals surface area contributed by atoms with Crippen LogP contribution in [0.2, 0.25) is 0 Å². The molecule has 4 heteroatoms. The third-order valence-electron chi connectivity index (χ3n) is 2.10. The fourth-order valence-electron chi connectivity index (χ4n) is 1.15. The van der Waals surface area contributed by atoms with Gasteiger partial charge in [-0.2, -0.15) is 17.0 Å². The highest BCUT2D eigenvalue weighted by atomic mass is 32.2. The molecule has 1 N–H and O–H groups in total. The second-order valence-electron chi connectivity index (χ2n) is 3.21. The monoisotopic (exact) mass is 224 g/mol. The second-order valence-corrected chi connectivity index (χ2v) is 4.24. The molecule has 0 aromatic carbocycles. The summed E-state index contributed by atoms with van der Waals surface area (Å²) in [6.45, 7) is 2.07. The molecule has 3 nitrogen and oxygen atoms in total. The zero-order valence-corrected chi connectivity index (χ0v) is 9.93. The van der Waals surface area contributed by atoms with E-state index >= 15 is 0 Å².